The van der Waals surface area contributed by atoms with Crippen LogP contribution in [-0.4, -0.2) is 9.67 Å². The van der Waals surface area contributed by atoms with Gasteiger partial charge in [0, 0.05) is 16.3 Å². The van der Waals surface area contributed by atoms with E-state index in [0.29, 0.717) is 16.8 Å². The second-order valence-electron chi connectivity index (χ2n) is 16.9. The van der Waals surface area contributed by atoms with Crippen molar-refractivity contribution in [3.05, 3.63) is 95.1 Å². The molecule has 5 aromatic rings. The Balaban J connectivity index is 1.91. The van der Waals surface area contributed by atoms with Gasteiger partial charge < -0.3 is 9.67 Å². The van der Waals surface area contributed by atoms with Crippen LogP contribution in [0.2, 0.25) is 0 Å². The fourth-order valence-electron chi connectivity index (χ4n) is 6.91. The molecule has 46 heavy (non-hydrogen) atoms. The minimum atomic E-state index is -4.50. The number of phenols is 1. The maximum atomic E-state index is 13.9. The third kappa shape index (κ3) is 6.43. The number of rotatable bonds is 4. The summed E-state index contributed by atoms with van der Waals surface area (Å²) in [4.78, 5) is 0. The Morgan fingerprint density at radius 1 is 0.587 bits per heavy atom. The number of aromatic hydroxyl groups is 1. The van der Waals surface area contributed by atoms with E-state index < -0.39 is 11.7 Å². The van der Waals surface area contributed by atoms with Crippen molar-refractivity contribution in [2.45, 2.75) is 105 Å². The van der Waals surface area contributed by atoms with Gasteiger partial charge in [0.25, 0.3) is 0 Å². The number of hydrogen-bond donors (Lipinski definition) is 1. The highest BCUT2D eigenvalue weighted by Crippen LogP contribution is 2.46. The van der Waals surface area contributed by atoms with Crippen molar-refractivity contribution in [2.24, 2.45) is 5.41 Å². The molecule has 0 aliphatic carbocycles. The molecule has 4 aromatic carbocycles. The topological polar surface area (TPSA) is 25.2 Å². The lowest BCUT2D eigenvalue weighted by Crippen LogP contribution is -2.25. The van der Waals surface area contributed by atoms with Gasteiger partial charge in [0.15, 0.2) is 0 Å². The zero-order valence-electron chi connectivity index (χ0n) is 29.2. The Morgan fingerprint density at radius 2 is 1.11 bits per heavy atom. The summed E-state index contributed by atoms with van der Waals surface area (Å²) in [6.07, 6.45) is -3.66. The molecule has 0 radical (unpaired) electrons. The second-order valence-corrected chi connectivity index (χ2v) is 16.9. The van der Waals surface area contributed by atoms with Crippen molar-refractivity contribution in [3.8, 4) is 22.6 Å². The van der Waals surface area contributed by atoms with Crippen LogP contribution in [-0.2, 0) is 22.4 Å². The average molecular weight is 628 g/mol. The van der Waals surface area contributed by atoms with Gasteiger partial charge in [-0.15, -0.1) is 0 Å². The first-order valence-electron chi connectivity index (χ1n) is 16.1. The Hall–Kier alpha value is -3.73. The van der Waals surface area contributed by atoms with E-state index in [0.717, 1.165) is 45.9 Å². The van der Waals surface area contributed by atoms with Crippen LogP contribution in [0, 0.1) is 5.41 Å². The first kappa shape index (κ1) is 33.6. The van der Waals surface area contributed by atoms with Crippen molar-refractivity contribution in [1.29, 1.82) is 0 Å². The van der Waals surface area contributed by atoms with Crippen LogP contribution in [0.25, 0.3) is 38.6 Å². The van der Waals surface area contributed by atoms with Crippen LogP contribution in [0.15, 0.2) is 72.8 Å². The monoisotopic (exact) mass is 627 g/mol. The summed E-state index contributed by atoms with van der Waals surface area (Å²) in [5.41, 5.74) is 5.27. The van der Waals surface area contributed by atoms with Gasteiger partial charge in [-0.2, -0.15) is 13.2 Å². The Morgan fingerprint density at radius 3 is 1.57 bits per heavy atom. The molecule has 0 amide bonds. The number of hydrogen-bond acceptors (Lipinski definition) is 1. The van der Waals surface area contributed by atoms with Gasteiger partial charge in [0.1, 0.15) is 5.75 Å². The SMILES string of the molecule is CC(C)(C)CC(C)(C)c1cc(-c2cccc(C(F)(F)F)c2)c(O)c(-n2c3ccc(C(C)(C)C)cc3c3cc(C(C)(C)C)ccc32)c1. The van der Waals surface area contributed by atoms with Crippen LogP contribution >= 0.6 is 0 Å². The smallest absolute Gasteiger partial charge is 0.416 e. The molecule has 5 heteroatoms. The summed E-state index contributed by atoms with van der Waals surface area (Å²) >= 11 is 0. The Bertz CT molecular complexity index is 1870. The van der Waals surface area contributed by atoms with Crippen molar-refractivity contribution < 1.29 is 18.3 Å². The van der Waals surface area contributed by atoms with Gasteiger partial charge in [-0.1, -0.05) is 100 Å². The number of benzene rings is 4. The van der Waals surface area contributed by atoms with Gasteiger partial charge in [0.2, 0.25) is 0 Å². The lowest BCUT2D eigenvalue weighted by atomic mass is 9.71. The molecule has 5 rings (SSSR count). The first-order valence-corrected chi connectivity index (χ1v) is 16.1. The molecule has 0 aliphatic rings. The number of halogens is 3. The minimum absolute atomic E-state index is 0.00251. The molecular formula is C41H48F3NO. The largest absolute Gasteiger partial charge is 0.505 e. The molecule has 0 aliphatic heterocycles. The second kappa shape index (κ2) is 10.9. The van der Waals surface area contributed by atoms with Crippen LogP contribution in [0.5, 0.6) is 5.75 Å². The van der Waals surface area contributed by atoms with Crippen LogP contribution in [0.3, 0.4) is 0 Å². The van der Waals surface area contributed by atoms with Crippen molar-refractivity contribution >= 4 is 21.8 Å². The van der Waals surface area contributed by atoms with E-state index in [1.54, 1.807) is 6.07 Å². The van der Waals surface area contributed by atoms with Crippen LogP contribution < -0.4 is 0 Å². The zero-order chi connectivity index (χ0) is 34.2. The average Bonchev–Trinajstić information content (AvgIpc) is 3.23. The Kier molecular flexibility index (Phi) is 7.99. The third-order valence-electron chi connectivity index (χ3n) is 9.08. The van der Waals surface area contributed by atoms with Crippen LogP contribution in [0.1, 0.15) is 105 Å². The summed E-state index contributed by atoms with van der Waals surface area (Å²) in [5, 5.41) is 14.3. The molecule has 1 aromatic heterocycles. The highest BCUT2D eigenvalue weighted by atomic mass is 19.4. The lowest BCUT2D eigenvalue weighted by Gasteiger charge is -2.34. The van der Waals surface area contributed by atoms with Gasteiger partial charge in [-0.05, 0) is 98.9 Å². The van der Waals surface area contributed by atoms with E-state index in [9.17, 15) is 18.3 Å². The van der Waals surface area contributed by atoms with E-state index in [1.807, 2.05) is 12.1 Å². The van der Waals surface area contributed by atoms with Gasteiger partial charge >= 0.3 is 6.18 Å². The molecule has 0 bridgehead atoms. The number of fused-ring (bicyclic) bond motifs is 3. The standard InChI is InChI=1S/C41H48F3NO/c1-37(2,3)24-40(10,11)29-22-30(25-13-12-14-28(19-25)41(42,43)44)36(46)35(23-29)45-33-17-15-26(38(4,5)6)20-31(33)32-21-27(39(7,8)9)16-18-34(32)45/h12-23,46H,24H2,1-11H3. The highest BCUT2D eigenvalue weighted by molar-refractivity contribution is 6.10. The molecule has 0 saturated carbocycles. The van der Waals surface area contributed by atoms with E-state index in [4.69, 9.17) is 0 Å². The molecule has 0 fully saturated rings. The predicted molar refractivity (Wildman–Crippen MR) is 187 cm³/mol. The molecule has 0 unspecified atom stereocenters. The Labute approximate surface area is 272 Å². The lowest BCUT2D eigenvalue weighted by molar-refractivity contribution is -0.137. The van der Waals surface area contributed by atoms with Gasteiger partial charge in [-0.3, -0.25) is 0 Å². The maximum absolute atomic E-state index is 13.9. The van der Waals surface area contributed by atoms with Crippen molar-refractivity contribution in [2.75, 3.05) is 0 Å². The highest BCUT2D eigenvalue weighted by Gasteiger charge is 2.33. The summed E-state index contributed by atoms with van der Waals surface area (Å²) in [7, 11) is 0. The van der Waals surface area contributed by atoms with E-state index in [-0.39, 0.29) is 27.4 Å². The molecule has 0 spiro atoms. The van der Waals surface area contributed by atoms with Crippen molar-refractivity contribution in [3.63, 3.8) is 0 Å². The fraction of sp³-hybridized carbons (Fsp3) is 0.415. The van der Waals surface area contributed by atoms with Crippen LogP contribution in [0.4, 0.5) is 13.2 Å². The molecule has 1 heterocycles. The fourth-order valence-corrected chi connectivity index (χ4v) is 6.91. The predicted octanol–water partition coefficient (Wildman–Crippen LogP) is 12.5. The van der Waals surface area contributed by atoms with Gasteiger partial charge in [-0.25, -0.2) is 0 Å². The van der Waals surface area contributed by atoms with E-state index >= 15 is 0 Å². The van der Waals surface area contributed by atoms with Crippen molar-refractivity contribution in [1.82, 2.24) is 4.57 Å². The summed E-state index contributed by atoms with van der Waals surface area (Å²) in [6, 6.07) is 22.2. The summed E-state index contributed by atoms with van der Waals surface area (Å²) in [6.45, 7) is 24.1. The number of nitrogens with zero attached hydrogens (tertiary/aromatic N) is 1. The normalized spacial score (nSPS) is 13.6. The summed E-state index contributed by atoms with van der Waals surface area (Å²) < 4.78 is 43.7. The number of phenolic OH excluding ortho intramolecular Hbond substituents is 1. The molecule has 0 saturated heterocycles. The molecule has 0 atom stereocenters. The van der Waals surface area contributed by atoms with E-state index in [1.165, 1.54) is 17.2 Å². The quantitative estimate of drug-likeness (QED) is 0.211. The molecular weight excluding hydrogens is 579 g/mol. The maximum Gasteiger partial charge on any atom is 0.416 e. The zero-order valence-corrected chi connectivity index (χ0v) is 29.2. The molecule has 1 N–H and O–H groups in total. The number of aromatic nitrogens is 1. The molecule has 2 nitrogen and oxygen atoms in total. The third-order valence-corrected chi connectivity index (χ3v) is 9.08. The van der Waals surface area contributed by atoms with Gasteiger partial charge in [0.05, 0.1) is 22.3 Å². The minimum Gasteiger partial charge on any atom is -0.505 e. The first-order chi connectivity index (χ1) is 21.0. The summed E-state index contributed by atoms with van der Waals surface area (Å²) in [5.74, 6) is -0.0479. The van der Waals surface area contributed by atoms with E-state index in [2.05, 4.69) is 117 Å². The number of alkyl halides is 3. The molecule has 244 valence electrons.